The number of pyridine rings is 2. The molecule has 0 saturated heterocycles. The van der Waals surface area contributed by atoms with Crippen molar-refractivity contribution in [1.82, 2.24) is 35.3 Å². The number of hydrogen-bond donors (Lipinski definition) is 3. The Kier molecular flexibility index (Phi) is 3.38. The van der Waals surface area contributed by atoms with Gasteiger partial charge in [0.25, 0.3) is 0 Å². The van der Waals surface area contributed by atoms with Crippen LogP contribution >= 0.6 is 11.3 Å². The Labute approximate surface area is 166 Å². The summed E-state index contributed by atoms with van der Waals surface area (Å²) in [7, 11) is 0. The van der Waals surface area contributed by atoms with Crippen LogP contribution in [0.15, 0.2) is 55.1 Å². The van der Waals surface area contributed by atoms with Crippen molar-refractivity contribution >= 4 is 33.3 Å². The molecule has 0 radical (unpaired) electrons. The van der Waals surface area contributed by atoms with Crippen LogP contribution in [-0.4, -0.2) is 35.3 Å². The van der Waals surface area contributed by atoms with Gasteiger partial charge in [-0.1, -0.05) is 0 Å². The molecule has 0 bridgehead atoms. The van der Waals surface area contributed by atoms with Crippen LogP contribution < -0.4 is 0 Å². The van der Waals surface area contributed by atoms with Crippen LogP contribution in [0.5, 0.6) is 0 Å². The van der Waals surface area contributed by atoms with Crippen LogP contribution in [0.3, 0.4) is 0 Å². The van der Waals surface area contributed by atoms with Gasteiger partial charge in [-0.05, 0) is 30.3 Å². The van der Waals surface area contributed by atoms with Crippen molar-refractivity contribution in [3.63, 3.8) is 0 Å². The molecule has 0 aliphatic heterocycles. The first kappa shape index (κ1) is 16.1. The molecule has 0 fully saturated rings. The third-order valence-corrected chi connectivity index (χ3v) is 5.77. The average Bonchev–Trinajstić information content (AvgIpc) is 3.51. The molecular weight excluding hydrogens is 389 g/mol. The van der Waals surface area contributed by atoms with Gasteiger partial charge < -0.3 is 4.98 Å². The van der Waals surface area contributed by atoms with Crippen LogP contribution in [0.2, 0.25) is 0 Å². The van der Waals surface area contributed by atoms with E-state index in [0.717, 1.165) is 66.4 Å². The first-order valence-corrected chi connectivity index (χ1v) is 9.65. The summed E-state index contributed by atoms with van der Waals surface area (Å²) in [6.07, 6.45) is 7.01. The third-order valence-electron chi connectivity index (χ3n) is 4.87. The Morgan fingerprint density at radius 3 is 2.79 bits per heavy atom. The van der Waals surface area contributed by atoms with Gasteiger partial charge in [-0.2, -0.15) is 14.6 Å². The molecule has 0 atom stereocenters. The lowest BCUT2D eigenvalue weighted by atomic mass is 10.1. The molecule has 6 heterocycles. The smallest absolute Gasteiger partial charge is 0.176 e. The first-order chi connectivity index (χ1) is 14.3. The summed E-state index contributed by atoms with van der Waals surface area (Å²) in [6, 6.07) is 9.14. The zero-order valence-corrected chi connectivity index (χ0v) is 15.6. The SMILES string of the molecule is Fc1ccc(-c2ccnc3[nH]c(-c4n[nH]c5cnc(-c6cn[nH]c6)cc45)cc23)s1. The van der Waals surface area contributed by atoms with Crippen LogP contribution in [-0.2, 0) is 0 Å². The summed E-state index contributed by atoms with van der Waals surface area (Å²) in [5, 5.41) is 16.0. The first-order valence-electron chi connectivity index (χ1n) is 8.83. The van der Waals surface area contributed by atoms with Crippen LogP contribution in [0.4, 0.5) is 4.39 Å². The minimum absolute atomic E-state index is 0.210. The normalized spacial score (nSPS) is 11.6. The van der Waals surface area contributed by atoms with Crippen molar-refractivity contribution in [3.8, 4) is 33.1 Å². The number of thiophene rings is 1. The van der Waals surface area contributed by atoms with Gasteiger partial charge in [-0.25, -0.2) is 4.98 Å². The van der Waals surface area contributed by atoms with E-state index in [2.05, 4.69) is 35.3 Å². The molecule has 0 saturated carbocycles. The zero-order valence-electron chi connectivity index (χ0n) is 14.8. The van der Waals surface area contributed by atoms with E-state index in [1.165, 1.54) is 6.07 Å². The molecule has 0 amide bonds. The summed E-state index contributed by atoms with van der Waals surface area (Å²) in [4.78, 5) is 13.1. The van der Waals surface area contributed by atoms with Gasteiger partial charge in [-0.15, -0.1) is 11.3 Å². The van der Waals surface area contributed by atoms with Gasteiger partial charge in [0.05, 0.1) is 29.3 Å². The second-order valence-corrected chi connectivity index (χ2v) is 7.62. The molecule has 9 heteroatoms. The maximum absolute atomic E-state index is 13.5. The molecule has 140 valence electrons. The van der Waals surface area contributed by atoms with Gasteiger partial charge in [-0.3, -0.25) is 15.2 Å². The molecule has 6 rings (SSSR count). The molecule has 0 aliphatic carbocycles. The van der Waals surface area contributed by atoms with Gasteiger partial charge >= 0.3 is 0 Å². The number of nitrogens with one attached hydrogen (secondary N) is 3. The van der Waals surface area contributed by atoms with Crippen molar-refractivity contribution in [3.05, 3.63) is 60.3 Å². The van der Waals surface area contributed by atoms with Crippen molar-refractivity contribution < 1.29 is 4.39 Å². The molecule has 0 unspecified atom stereocenters. The maximum atomic E-state index is 13.5. The minimum Gasteiger partial charge on any atom is -0.338 e. The Bertz CT molecular complexity index is 1480. The molecule has 3 N–H and O–H groups in total. The molecule has 7 nitrogen and oxygen atoms in total. The fourth-order valence-electron chi connectivity index (χ4n) is 3.50. The molecule has 0 spiro atoms. The quantitative estimate of drug-likeness (QED) is 0.398. The predicted molar refractivity (Wildman–Crippen MR) is 110 cm³/mol. The van der Waals surface area contributed by atoms with Crippen molar-refractivity contribution in [2.24, 2.45) is 0 Å². The maximum Gasteiger partial charge on any atom is 0.176 e. The zero-order chi connectivity index (χ0) is 19.4. The van der Waals surface area contributed by atoms with E-state index in [4.69, 9.17) is 0 Å². The Morgan fingerprint density at radius 1 is 1.00 bits per heavy atom. The highest BCUT2D eigenvalue weighted by molar-refractivity contribution is 7.14. The molecule has 6 aromatic heterocycles. The fourth-order valence-corrected chi connectivity index (χ4v) is 4.27. The lowest BCUT2D eigenvalue weighted by molar-refractivity contribution is 0.657. The highest BCUT2D eigenvalue weighted by Crippen LogP contribution is 2.36. The number of hydrogen-bond acceptors (Lipinski definition) is 5. The average molecular weight is 401 g/mol. The van der Waals surface area contributed by atoms with Gasteiger partial charge in [0.15, 0.2) is 5.13 Å². The number of H-pyrrole nitrogens is 3. The van der Waals surface area contributed by atoms with E-state index in [9.17, 15) is 4.39 Å². The monoisotopic (exact) mass is 401 g/mol. The standard InChI is InChI=1S/C20H12FN7S/c21-18-2-1-17(29-18)11-3-4-22-20-12(11)5-15(26-20)19-13-6-14(10-7-24-25-8-10)23-9-16(13)27-28-19/h1-9H,(H,22,26)(H,24,25)(H,27,28). The van der Waals surface area contributed by atoms with Crippen LogP contribution in [0, 0.1) is 5.13 Å². The van der Waals surface area contributed by atoms with Crippen molar-refractivity contribution in [2.45, 2.75) is 0 Å². The molecule has 6 aromatic rings. The number of rotatable bonds is 3. The summed E-state index contributed by atoms with van der Waals surface area (Å²) in [6.45, 7) is 0. The second kappa shape index (κ2) is 6.08. The number of halogens is 1. The summed E-state index contributed by atoms with van der Waals surface area (Å²) >= 11 is 1.12. The second-order valence-electron chi connectivity index (χ2n) is 6.58. The number of fused-ring (bicyclic) bond motifs is 2. The van der Waals surface area contributed by atoms with Gasteiger partial charge in [0.1, 0.15) is 11.3 Å². The largest absolute Gasteiger partial charge is 0.338 e. The van der Waals surface area contributed by atoms with E-state index in [1.54, 1.807) is 30.9 Å². The Hall–Kier alpha value is -3.85. The van der Waals surface area contributed by atoms with Crippen LogP contribution in [0.25, 0.3) is 55.0 Å². The fraction of sp³-hybridized carbons (Fsp3) is 0. The minimum atomic E-state index is -0.210. The molecule has 0 aliphatic rings. The van der Waals surface area contributed by atoms with E-state index in [0.29, 0.717) is 0 Å². The Morgan fingerprint density at radius 2 is 1.97 bits per heavy atom. The highest BCUT2D eigenvalue weighted by atomic mass is 32.1. The topological polar surface area (TPSA) is 98.9 Å². The Balaban J connectivity index is 1.53. The molecular formula is C20H12FN7S. The van der Waals surface area contributed by atoms with Crippen LogP contribution in [0.1, 0.15) is 0 Å². The summed E-state index contributed by atoms with van der Waals surface area (Å²) in [5.74, 6) is 0. The van der Waals surface area contributed by atoms with E-state index in [1.807, 2.05) is 18.2 Å². The molecule has 0 aromatic carbocycles. The summed E-state index contributed by atoms with van der Waals surface area (Å²) in [5.41, 5.74) is 5.80. The number of aromatic nitrogens is 7. The highest BCUT2D eigenvalue weighted by Gasteiger charge is 2.16. The molecule has 29 heavy (non-hydrogen) atoms. The number of aromatic amines is 3. The third kappa shape index (κ3) is 2.55. The van der Waals surface area contributed by atoms with Gasteiger partial charge in [0, 0.05) is 39.2 Å². The van der Waals surface area contributed by atoms with Crippen molar-refractivity contribution in [1.29, 1.82) is 0 Å². The lowest BCUT2D eigenvalue weighted by Gasteiger charge is -1.98. The van der Waals surface area contributed by atoms with Crippen molar-refractivity contribution in [2.75, 3.05) is 0 Å². The van der Waals surface area contributed by atoms with E-state index < -0.39 is 0 Å². The van der Waals surface area contributed by atoms with E-state index in [-0.39, 0.29) is 5.13 Å². The lowest BCUT2D eigenvalue weighted by Crippen LogP contribution is -1.83. The van der Waals surface area contributed by atoms with Gasteiger partial charge in [0.2, 0.25) is 0 Å². The number of nitrogens with zero attached hydrogens (tertiary/aromatic N) is 4. The predicted octanol–water partition coefficient (Wildman–Crippen LogP) is 4.76. The van der Waals surface area contributed by atoms with E-state index >= 15 is 0 Å². The summed E-state index contributed by atoms with van der Waals surface area (Å²) < 4.78 is 13.5.